The van der Waals surface area contributed by atoms with Crippen molar-refractivity contribution < 1.29 is 14.8 Å². The molecule has 0 radical (unpaired) electrons. The van der Waals surface area contributed by atoms with E-state index in [2.05, 4.69) is 10.3 Å². The van der Waals surface area contributed by atoms with Crippen molar-refractivity contribution in [1.29, 1.82) is 0 Å². The number of non-ortho nitro benzene ring substituents is 1. The largest absolute Gasteiger partial charge is 0.505 e. The van der Waals surface area contributed by atoms with Gasteiger partial charge in [0.15, 0.2) is 0 Å². The van der Waals surface area contributed by atoms with E-state index in [1.54, 1.807) is 25.1 Å². The molecule has 1 aromatic heterocycles. The van der Waals surface area contributed by atoms with Crippen molar-refractivity contribution in [3.8, 4) is 5.75 Å². The van der Waals surface area contributed by atoms with Crippen LogP contribution in [0.25, 0.3) is 10.9 Å². The highest BCUT2D eigenvalue weighted by Crippen LogP contribution is 2.41. The van der Waals surface area contributed by atoms with Crippen LogP contribution >= 0.6 is 23.2 Å². The Morgan fingerprint density at radius 1 is 1.29 bits per heavy atom. The molecule has 7 nitrogen and oxygen atoms in total. The molecule has 0 unspecified atom stereocenters. The summed E-state index contributed by atoms with van der Waals surface area (Å²) >= 11 is 12.3. The SMILES string of the molecule is CCC(=O)N[C@@H](c1ccc(Cl)cc1Cl)c1cc([N+](=O)[O-])c2cccnc2c1O. The van der Waals surface area contributed by atoms with Crippen molar-refractivity contribution in [2.45, 2.75) is 19.4 Å². The van der Waals surface area contributed by atoms with Crippen molar-refractivity contribution in [2.24, 2.45) is 0 Å². The second kappa shape index (κ2) is 8.00. The van der Waals surface area contributed by atoms with E-state index in [0.717, 1.165) is 0 Å². The van der Waals surface area contributed by atoms with Gasteiger partial charge in [-0.05, 0) is 29.8 Å². The lowest BCUT2D eigenvalue weighted by molar-refractivity contribution is -0.383. The van der Waals surface area contributed by atoms with Gasteiger partial charge in [0.2, 0.25) is 5.91 Å². The van der Waals surface area contributed by atoms with Crippen LogP contribution in [0.4, 0.5) is 5.69 Å². The second-order valence-corrected chi connectivity index (χ2v) is 6.85. The summed E-state index contributed by atoms with van der Waals surface area (Å²) in [5, 5.41) is 26.0. The number of benzene rings is 2. The van der Waals surface area contributed by atoms with Crippen LogP contribution in [0.3, 0.4) is 0 Å². The number of amides is 1. The lowest BCUT2D eigenvalue weighted by Gasteiger charge is -2.22. The molecule has 144 valence electrons. The third-order valence-corrected chi connectivity index (χ3v) is 4.84. The number of aromatic hydroxyl groups is 1. The first-order valence-electron chi connectivity index (χ1n) is 8.32. The zero-order valence-corrected chi connectivity index (χ0v) is 16.2. The zero-order valence-electron chi connectivity index (χ0n) is 14.6. The number of nitro groups is 1. The molecule has 3 aromatic rings. The minimum absolute atomic E-state index is 0.0625. The molecule has 1 amide bonds. The number of fused-ring (bicyclic) bond motifs is 1. The molecule has 2 N–H and O–H groups in total. The van der Waals surface area contributed by atoms with Gasteiger partial charge in [-0.15, -0.1) is 0 Å². The van der Waals surface area contributed by atoms with Gasteiger partial charge in [-0.2, -0.15) is 0 Å². The van der Waals surface area contributed by atoms with E-state index in [1.807, 2.05) is 0 Å². The van der Waals surface area contributed by atoms with Gasteiger partial charge in [0, 0.05) is 34.3 Å². The van der Waals surface area contributed by atoms with Gasteiger partial charge in [0.05, 0.1) is 16.4 Å². The fourth-order valence-electron chi connectivity index (χ4n) is 2.92. The topological polar surface area (TPSA) is 105 Å². The number of nitrogens with zero attached hydrogens (tertiary/aromatic N) is 2. The van der Waals surface area contributed by atoms with Gasteiger partial charge in [-0.1, -0.05) is 36.2 Å². The van der Waals surface area contributed by atoms with Crippen molar-refractivity contribution in [1.82, 2.24) is 10.3 Å². The quantitative estimate of drug-likeness (QED) is 0.457. The van der Waals surface area contributed by atoms with E-state index >= 15 is 0 Å². The molecule has 0 saturated heterocycles. The van der Waals surface area contributed by atoms with Gasteiger partial charge < -0.3 is 10.4 Å². The fourth-order valence-corrected chi connectivity index (χ4v) is 3.44. The number of rotatable bonds is 5. The maximum atomic E-state index is 12.1. The summed E-state index contributed by atoms with van der Waals surface area (Å²) in [7, 11) is 0. The van der Waals surface area contributed by atoms with E-state index < -0.39 is 11.0 Å². The Morgan fingerprint density at radius 3 is 2.68 bits per heavy atom. The summed E-state index contributed by atoms with van der Waals surface area (Å²) in [4.78, 5) is 27.2. The first kappa shape index (κ1) is 19.9. The molecule has 0 fully saturated rings. The molecule has 3 rings (SSSR count). The maximum Gasteiger partial charge on any atom is 0.279 e. The summed E-state index contributed by atoms with van der Waals surface area (Å²) in [5.41, 5.74) is 0.376. The van der Waals surface area contributed by atoms with Crippen molar-refractivity contribution in [3.63, 3.8) is 0 Å². The molecular formula is C19H15Cl2N3O4. The Morgan fingerprint density at radius 2 is 2.04 bits per heavy atom. The summed E-state index contributed by atoms with van der Waals surface area (Å²) in [6, 6.07) is 8.01. The number of phenols is 1. The third kappa shape index (κ3) is 3.72. The second-order valence-electron chi connectivity index (χ2n) is 6.01. The first-order chi connectivity index (χ1) is 13.3. The number of pyridine rings is 1. The Labute approximate surface area is 170 Å². The number of hydrogen-bond acceptors (Lipinski definition) is 5. The van der Waals surface area contributed by atoms with E-state index in [-0.39, 0.29) is 45.3 Å². The minimum Gasteiger partial charge on any atom is -0.505 e. The van der Waals surface area contributed by atoms with Crippen LogP contribution in [0.1, 0.15) is 30.5 Å². The predicted octanol–water partition coefficient (Wildman–Crippen LogP) is 4.77. The molecule has 1 atom stereocenters. The lowest BCUT2D eigenvalue weighted by Crippen LogP contribution is -2.29. The third-order valence-electron chi connectivity index (χ3n) is 4.28. The summed E-state index contributed by atoms with van der Waals surface area (Å²) in [6.07, 6.45) is 1.60. The number of phenolic OH excluding ortho intramolecular Hbond substituents is 1. The molecule has 0 bridgehead atoms. The first-order valence-corrected chi connectivity index (χ1v) is 9.08. The normalized spacial score (nSPS) is 12.0. The Kier molecular flexibility index (Phi) is 5.67. The van der Waals surface area contributed by atoms with Gasteiger partial charge in [0.1, 0.15) is 11.3 Å². The van der Waals surface area contributed by atoms with Gasteiger partial charge >= 0.3 is 0 Å². The number of carbonyl (C=O) groups excluding carboxylic acids is 1. The number of halogens is 2. The molecule has 28 heavy (non-hydrogen) atoms. The van der Waals surface area contributed by atoms with Crippen LogP contribution in [0, 0.1) is 10.1 Å². The van der Waals surface area contributed by atoms with Gasteiger partial charge in [0.25, 0.3) is 5.69 Å². The van der Waals surface area contributed by atoms with Crippen molar-refractivity contribution in [3.05, 3.63) is 73.9 Å². The molecule has 0 aliphatic rings. The molecule has 2 aromatic carbocycles. The monoisotopic (exact) mass is 419 g/mol. The highest BCUT2D eigenvalue weighted by molar-refractivity contribution is 6.35. The van der Waals surface area contributed by atoms with Crippen LogP contribution in [-0.2, 0) is 4.79 Å². The van der Waals surface area contributed by atoms with Crippen molar-refractivity contribution >= 4 is 45.7 Å². The Balaban J connectivity index is 2.30. The highest BCUT2D eigenvalue weighted by Gasteiger charge is 2.27. The van der Waals surface area contributed by atoms with Crippen LogP contribution in [0.2, 0.25) is 10.0 Å². The molecule has 0 aliphatic heterocycles. The number of carbonyl (C=O) groups is 1. The molecule has 1 heterocycles. The van der Waals surface area contributed by atoms with Gasteiger partial charge in [-0.3, -0.25) is 19.9 Å². The van der Waals surface area contributed by atoms with Crippen LogP contribution in [0.5, 0.6) is 5.75 Å². The van der Waals surface area contributed by atoms with E-state index in [0.29, 0.717) is 10.6 Å². The number of hydrogen-bond donors (Lipinski definition) is 2. The van der Waals surface area contributed by atoms with E-state index in [1.165, 1.54) is 24.4 Å². The zero-order chi connectivity index (χ0) is 20.4. The van der Waals surface area contributed by atoms with E-state index in [9.17, 15) is 20.0 Å². The molecular weight excluding hydrogens is 405 g/mol. The average molecular weight is 420 g/mol. The Bertz CT molecular complexity index is 1090. The summed E-state index contributed by atoms with van der Waals surface area (Å²) in [6.45, 7) is 1.67. The summed E-state index contributed by atoms with van der Waals surface area (Å²) in [5.74, 6) is -0.590. The number of aromatic nitrogens is 1. The predicted molar refractivity (Wildman–Crippen MR) is 107 cm³/mol. The number of nitro benzene ring substituents is 1. The fraction of sp³-hybridized carbons (Fsp3) is 0.158. The standard InChI is InChI=1S/C19H15Cl2N3O4/c1-2-16(25)23-17(11-6-5-10(20)8-14(11)21)13-9-15(24(27)28)12-4-3-7-22-18(12)19(13)26/h3-9,17,26H,2H2,1H3,(H,23,25)/t17-/m0/s1. The lowest BCUT2D eigenvalue weighted by atomic mass is 9.95. The maximum absolute atomic E-state index is 12.1. The highest BCUT2D eigenvalue weighted by atomic mass is 35.5. The molecule has 0 spiro atoms. The average Bonchev–Trinajstić information content (AvgIpc) is 2.67. The van der Waals surface area contributed by atoms with Crippen LogP contribution in [-0.4, -0.2) is 20.9 Å². The van der Waals surface area contributed by atoms with Crippen molar-refractivity contribution in [2.75, 3.05) is 0 Å². The van der Waals surface area contributed by atoms with Crippen LogP contribution < -0.4 is 5.32 Å². The molecule has 0 saturated carbocycles. The Hall–Kier alpha value is -2.90. The molecule has 0 aliphatic carbocycles. The van der Waals surface area contributed by atoms with Gasteiger partial charge in [-0.25, -0.2) is 0 Å². The smallest absolute Gasteiger partial charge is 0.279 e. The summed E-state index contributed by atoms with van der Waals surface area (Å²) < 4.78 is 0. The van der Waals surface area contributed by atoms with E-state index in [4.69, 9.17) is 23.2 Å². The van der Waals surface area contributed by atoms with Crippen LogP contribution in [0.15, 0.2) is 42.6 Å². The molecule has 9 heteroatoms. The number of nitrogens with one attached hydrogen (secondary N) is 1. The minimum atomic E-state index is -0.928.